The Balaban J connectivity index is 2.05. The lowest BCUT2D eigenvalue weighted by Gasteiger charge is -2.40. The van der Waals surface area contributed by atoms with E-state index in [2.05, 4.69) is 22.0 Å². The molecular formula is C19H23FN6O4S. The van der Waals surface area contributed by atoms with Crippen molar-refractivity contribution >= 4 is 34.1 Å². The predicted octanol–water partition coefficient (Wildman–Crippen LogP) is 1.06. The number of hydrogen-bond donors (Lipinski definition) is 2. The number of nitrogens with one attached hydrogen (secondary N) is 1. The summed E-state index contributed by atoms with van der Waals surface area (Å²) in [6, 6.07) is 0.112. The number of thiazole rings is 1. The van der Waals surface area contributed by atoms with Gasteiger partial charge in [0, 0.05) is 25.0 Å². The van der Waals surface area contributed by atoms with Crippen molar-refractivity contribution in [2.24, 2.45) is 10.7 Å². The molecule has 2 aliphatic heterocycles. The number of aromatic nitrogens is 1. The van der Waals surface area contributed by atoms with Gasteiger partial charge in [-0.15, -0.1) is 0 Å². The van der Waals surface area contributed by atoms with Gasteiger partial charge in [0.2, 0.25) is 5.78 Å². The summed E-state index contributed by atoms with van der Waals surface area (Å²) in [4.78, 5) is 42.1. The van der Waals surface area contributed by atoms with E-state index in [1.165, 1.54) is 25.1 Å². The molecule has 0 bridgehead atoms. The average Bonchev–Trinajstić information content (AvgIpc) is 3.10. The van der Waals surface area contributed by atoms with E-state index in [0.717, 1.165) is 17.5 Å². The number of amidine groups is 1. The summed E-state index contributed by atoms with van der Waals surface area (Å²) in [5.74, 6) is -0.991. The van der Waals surface area contributed by atoms with Gasteiger partial charge in [0.15, 0.2) is 16.1 Å². The third-order valence-corrected chi connectivity index (χ3v) is 5.29. The van der Waals surface area contributed by atoms with Crippen molar-refractivity contribution in [1.29, 1.82) is 0 Å². The lowest BCUT2D eigenvalue weighted by atomic mass is 9.97. The number of esters is 1. The van der Waals surface area contributed by atoms with Crippen molar-refractivity contribution < 1.29 is 23.6 Å². The monoisotopic (exact) mass is 450 g/mol. The van der Waals surface area contributed by atoms with Gasteiger partial charge in [-0.25, -0.2) is 14.8 Å². The summed E-state index contributed by atoms with van der Waals surface area (Å²) in [5.41, 5.74) is 8.71. The zero-order valence-corrected chi connectivity index (χ0v) is 18.2. The maximum atomic E-state index is 13.7. The SMILES string of the molecule is C=C(/N=C1\C(=C(\C)N)C(=O)C(C(=O)OCC)=CN1c1ncc(F)s1)N1CC(NOC)C1. The molecule has 0 amide bonds. The van der Waals surface area contributed by atoms with Gasteiger partial charge < -0.3 is 20.2 Å². The fourth-order valence-electron chi connectivity index (χ4n) is 3.05. The van der Waals surface area contributed by atoms with E-state index in [9.17, 15) is 14.0 Å². The molecule has 0 atom stereocenters. The molecule has 3 heterocycles. The lowest BCUT2D eigenvalue weighted by Crippen LogP contribution is -2.56. The first-order valence-corrected chi connectivity index (χ1v) is 10.2. The van der Waals surface area contributed by atoms with E-state index in [-0.39, 0.29) is 40.5 Å². The molecule has 0 aliphatic carbocycles. The highest BCUT2D eigenvalue weighted by Crippen LogP contribution is 2.31. The van der Waals surface area contributed by atoms with Crippen LogP contribution in [0.25, 0.3) is 0 Å². The van der Waals surface area contributed by atoms with Crippen LogP contribution < -0.4 is 16.1 Å². The van der Waals surface area contributed by atoms with Gasteiger partial charge in [-0.05, 0) is 13.8 Å². The van der Waals surface area contributed by atoms with Crippen LogP contribution in [0.5, 0.6) is 0 Å². The summed E-state index contributed by atoms with van der Waals surface area (Å²) >= 11 is 0.728. The first-order chi connectivity index (χ1) is 14.8. The zero-order chi connectivity index (χ0) is 22.7. The van der Waals surface area contributed by atoms with Crippen molar-refractivity contribution in [3.63, 3.8) is 0 Å². The Labute approximate surface area is 182 Å². The van der Waals surface area contributed by atoms with Crippen LogP contribution in [0.15, 0.2) is 46.6 Å². The van der Waals surface area contributed by atoms with E-state index < -0.39 is 16.9 Å². The number of allylic oxidation sites excluding steroid dienone is 1. The molecular weight excluding hydrogens is 427 g/mol. The van der Waals surface area contributed by atoms with Gasteiger partial charge >= 0.3 is 5.97 Å². The fraction of sp³-hybridized carbons (Fsp3) is 0.368. The lowest BCUT2D eigenvalue weighted by molar-refractivity contribution is -0.139. The molecule has 0 aromatic carbocycles. The Kier molecular flexibility index (Phi) is 6.83. The quantitative estimate of drug-likeness (QED) is 0.272. The third kappa shape index (κ3) is 4.65. The van der Waals surface area contributed by atoms with Crippen molar-refractivity contribution in [3.8, 4) is 0 Å². The van der Waals surface area contributed by atoms with E-state index >= 15 is 0 Å². The van der Waals surface area contributed by atoms with Gasteiger partial charge in [-0.1, -0.05) is 17.9 Å². The molecule has 1 aromatic rings. The van der Waals surface area contributed by atoms with Crippen LogP contribution in [0.1, 0.15) is 13.8 Å². The predicted molar refractivity (Wildman–Crippen MR) is 113 cm³/mol. The van der Waals surface area contributed by atoms with E-state index in [1.54, 1.807) is 6.92 Å². The molecule has 2 aliphatic rings. The van der Waals surface area contributed by atoms with Crippen LogP contribution in [0.4, 0.5) is 9.52 Å². The number of aliphatic imine (C=N–C) groups is 1. The number of Topliss-reactive ketones (excluding diaryl/α,β-unsaturated/α-hetero) is 1. The van der Waals surface area contributed by atoms with E-state index in [1.807, 2.05) is 4.90 Å². The molecule has 0 saturated carbocycles. The first kappa shape index (κ1) is 22.6. The van der Waals surface area contributed by atoms with E-state index in [0.29, 0.717) is 18.9 Å². The summed E-state index contributed by atoms with van der Waals surface area (Å²) in [7, 11) is 1.53. The summed E-state index contributed by atoms with van der Waals surface area (Å²) in [6.45, 7) is 8.37. The van der Waals surface area contributed by atoms with Gasteiger partial charge in [0.05, 0.1) is 31.5 Å². The Morgan fingerprint density at radius 1 is 1.52 bits per heavy atom. The molecule has 1 aromatic heterocycles. The molecule has 0 spiro atoms. The summed E-state index contributed by atoms with van der Waals surface area (Å²) < 4.78 is 18.7. The van der Waals surface area contributed by atoms with Crippen LogP contribution in [-0.4, -0.2) is 60.3 Å². The highest BCUT2D eigenvalue weighted by atomic mass is 32.1. The van der Waals surface area contributed by atoms with Crippen LogP contribution in [0.2, 0.25) is 0 Å². The number of carbonyl (C=O) groups excluding carboxylic acids is 2. The number of ether oxygens (including phenoxy) is 1. The number of hydroxylamine groups is 1. The molecule has 3 N–H and O–H groups in total. The molecule has 10 nitrogen and oxygen atoms in total. The van der Waals surface area contributed by atoms with Gasteiger partial charge in [-0.2, -0.15) is 9.87 Å². The smallest absolute Gasteiger partial charge is 0.343 e. The van der Waals surface area contributed by atoms with E-state index in [4.69, 9.17) is 15.3 Å². The van der Waals surface area contributed by atoms with Crippen LogP contribution in [0, 0.1) is 5.13 Å². The highest BCUT2D eigenvalue weighted by molar-refractivity contribution is 7.14. The number of ketones is 1. The zero-order valence-electron chi connectivity index (χ0n) is 17.3. The van der Waals surface area contributed by atoms with Gasteiger partial charge in [-0.3, -0.25) is 9.69 Å². The molecule has 1 saturated heterocycles. The highest BCUT2D eigenvalue weighted by Gasteiger charge is 2.38. The number of carbonyl (C=O) groups is 2. The molecule has 12 heteroatoms. The minimum Gasteiger partial charge on any atom is -0.462 e. The molecule has 31 heavy (non-hydrogen) atoms. The largest absolute Gasteiger partial charge is 0.462 e. The standard InChI is InChI=1S/C19H23FN6O4S/c1-5-30-18(28)13-9-26(19-22-6-14(20)31-19)17(15(10(2)21)16(13)27)23-11(3)25-7-12(8-25)24-29-4/h6,9,12,24H,3,5,7-8,21H2,1-2,4H3/b15-10-,23-17+. The van der Waals surface area contributed by atoms with Crippen molar-refractivity contribution in [3.05, 3.63) is 46.8 Å². The summed E-state index contributed by atoms with van der Waals surface area (Å²) in [5, 5.41) is -0.373. The molecule has 0 radical (unpaired) electrons. The van der Waals surface area contributed by atoms with Crippen LogP contribution in [-0.2, 0) is 19.2 Å². The van der Waals surface area contributed by atoms with Crippen molar-refractivity contribution in [1.82, 2.24) is 15.4 Å². The molecule has 0 unspecified atom stereocenters. The average molecular weight is 450 g/mol. The fourth-order valence-corrected chi connectivity index (χ4v) is 3.67. The Morgan fingerprint density at radius 2 is 2.23 bits per heavy atom. The second kappa shape index (κ2) is 9.37. The molecule has 1 fully saturated rings. The number of nitrogens with two attached hydrogens (primary N) is 1. The minimum absolute atomic E-state index is 0.00518. The number of likely N-dealkylation sites (tertiary alicyclic amines) is 1. The van der Waals surface area contributed by atoms with Crippen LogP contribution >= 0.6 is 11.3 Å². The molecule has 166 valence electrons. The normalized spacial score (nSPS) is 19.9. The van der Waals surface area contributed by atoms with Crippen molar-refractivity contribution in [2.75, 3.05) is 31.7 Å². The Hall–Kier alpha value is -3.09. The van der Waals surface area contributed by atoms with Crippen LogP contribution in [0.3, 0.4) is 0 Å². The topological polar surface area (TPSA) is 122 Å². The number of halogens is 1. The number of anilines is 1. The number of hydrogen-bond acceptors (Lipinski definition) is 10. The number of nitrogens with zero attached hydrogens (tertiary/aromatic N) is 4. The summed E-state index contributed by atoms with van der Waals surface area (Å²) in [6.07, 6.45) is 2.28. The van der Waals surface area contributed by atoms with Gasteiger partial charge in [0.1, 0.15) is 11.4 Å². The maximum absolute atomic E-state index is 13.7. The third-order valence-electron chi connectivity index (χ3n) is 4.51. The van der Waals surface area contributed by atoms with Gasteiger partial charge in [0.25, 0.3) is 0 Å². The Bertz CT molecular complexity index is 991. The molecule has 3 rings (SSSR count). The second-order valence-electron chi connectivity index (χ2n) is 6.74. The maximum Gasteiger partial charge on any atom is 0.343 e. The second-order valence-corrected chi connectivity index (χ2v) is 7.70. The Morgan fingerprint density at radius 3 is 2.77 bits per heavy atom. The number of rotatable bonds is 7. The minimum atomic E-state index is -0.817. The van der Waals surface area contributed by atoms with Crippen molar-refractivity contribution in [2.45, 2.75) is 19.9 Å². The first-order valence-electron chi connectivity index (χ1n) is 9.38.